The Bertz CT molecular complexity index is 850. The molecule has 2 unspecified atom stereocenters. The lowest BCUT2D eigenvalue weighted by Gasteiger charge is -2.25. The summed E-state index contributed by atoms with van der Waals surface area (Å²) >= 11 is 6.26. The van der Waals surface area contributed by atoms with E-state index in [0.717, 1.165) is 19.5 Å². The van der Waals surface area contributed by atoms with Crippen LogP contribution in [0, 0.1) is 5.92 Å². The molecule has 1 heterocycles. The van der Waals surface area contributed by atoms with Crippen molar-refractivity contribution >= 4 is 23.2 Å². The summed E-state index contributed by atoms with van der Waals surface area (Å²) in [5, 5.41) is 6.28. The molecular formula is C23H29ClFN3O2. The van der Waals surface area contributed by atoms with Crippen LogP contribution in [0.25, 0.3) is 0 Å². The molecule has 1 amide bonds. The van der Waals surface area contributed by atoms with E-state index in [2.05, 4.69) is 46.7 Å². The van der Waals surface area contributed by atoms with Crippen LogP contribution in [-0.2, 0) is 6.54 Å². The molecule has 1 saturated heterocycles. The molecule has 2 N–H and O–H groups in total. The third-order valence-electron chi connectivity index (χ3n) is 5.74. The van der Waals surface area contributed by atoms with E-state index in [1.54, 1.807) is 12.1 Å². The van der Waals surface area contributed by atoms with Crippen LogP contribution in [0.2, 0.25) is 5.02 Å². The van der Waals surface area contributed by atoms with E-state index in [1.165, 1.54) is 12.7 Å². The molecule has 1 aliphatic rings. The SMILES string of the molecule is COc1cc(NCC[18F])c(Cl)cc1C(=O)NCC1CCN(Cc2ccccc2)C1C. The predicted molar refractivity (Wildman–Crippen MR) is 119 cm³/mol. The van der Waals surface area contributed by atoms with E-state index in [-0.39, 0.29) is 12.5 Å². The summed E-state index contributed by atoms with van der Waals surface area (Å²) in [4.78, 5) is 15.2. The summed E-state index contributed by atoms with van der Waals surface area (Å²) < 4.78 is 17.8. The summed E-state index contributed by atoms with van der Waals surface area (Å²) in [7, 11) is 1.50. The highest BCUT2D eigenvalue weighted by atomic mass is 35.5. The Morgan fingerprint density at radius 1 is 1.30 bits per heavy atom. The van der Waals surface area contributed by atoms with Gasteiger partial charge in [0.05, 0.1) is 23.4 Å². The van der Waals surface area contributed by atoms with Crippen LogP contribution in [0.3, 0.4) is 0 Å². The molecule has 0 aliphatic carbocycles. The van der Waals surface area contributed by atoms with Gasteiger partial charge in [-0.3, -0.25) is 9.69 Å². The normalized spacial score (nSPS) is 18.9. The van der Waals surface area contributed by atoms with Crippen molar-refractivity contribution in [2.24, 2.45) is 5.92 Å². The third-order valence-corrected chi connectivity index (χ3v) is 6.06. The van der Waals surface area contributed by atoms with Crippen molar-refractivity contribution in [1.29, 1.82) is 0 Å². The molecule has 0 aromatic heterocycles. The number of ether oxygens (including phenoxy) is 1. The Labute approximate surface area is 182 Å². The van der Waals surface area contributed by atoms with E-state index in [1.807, 2.05) is 6.07 Å². The minimum atomic E-state index is -0.512. The van der Waals surface area contributed by atoms with E-state index >= 15 is 0 Å². The van der Waals surface area contributed by atoms with Crippen molar-refractivity contribution in [3.05, 3.63) is 58.6 Å². The van der Waals surface area contributed by atoms with Gasteiger partial charge in [0.15, 0.2) is 0 Å². The standard InChI is InChI=1S/C23H29ClFN3O2/c1-16-18(8-11-28(16)15-17-6-4-3-5-7-17)14-27-23(29)19-12-20(24)21(26-10-9-25)13-22(19)30-2/h3-7,12-13,16,18,26H,8-11,14-15H2,1-2H3,(H,27,29)/i25-1. The molecule has 2 aromatic carbocycles. The molecule has 0 spiro atoms. The highest BCUT2D eigenvalue weighted by Crippen LogP contribution is 2.31. The number of nitrogens with one attached hydrogen (secondary N) is 2. The van der Waals surface area contributed by atoms with E-state index in [4.69, 9.17) is 16.3 Å². The predicted octanol–water partition coefficient (Wildman–Crippen LogP) is 4.37. The summed E-state index contributed by atoms with van der Waals surface area (Å²) in [6.07, 6.45) is 1.04. The van der Waals surface area contributed by atoms with E-state index in [9.17, 15) is 9.18 Å². The average molecular weight is 433 g/mol. The first-order valence-electron chi connectivity index (χ1n) is 10.3. The Morgan fingerprint density at radius 3 is 2.77 bits per heavy atom. The van der Waals surface area contributed by atoms with Crippen LogP contribution in [-0.4, -0.2) is 50.3 Å². The number of alkyl halides is 1. The number of rotatable bonds is 9. The first-order chi connectivity index (χ1) is 14.5. The molecule has 2 aromatic rings. The van der Waals surface area contributed by atoms with Crippen molar-refractivity contribution < 1.29 is 13.9 Å². The zero-order valence-corrected chi connectivity index (χ0v) is 18.2. The first kappa shape index (κ1) is 22.4. The molecule has 30 heavy (non-hydrogen) atoms. The number of benzene rings is 2. The van der Waals surface area contributed by atoms with Crippen LogP contribution < -0.4 is 15.4 Å². The van der Waals surface area contributed by atoms with Gasteiger partial charge in [0.1, 0.15) is 12.4 Å². The van der Waals surface area contributed by atoms with Crippen LogP contribution in [0.1, 0.15) is 29.3 Å². The minimum Gasteiger partial charge on any atom is -0.496 e. The fraction of sp³-hybridized carbons (Fsp3) is 0.435. The first-order valence-corrected chi connectivity index (χ1v) is 10.6. The molecule has 3 rings (SSSR count). The Kier molecular flexibility index (Phi) is 7.94. The zero-order valence-electron chi connectivity index (χ0n) is 17.5. The fourth-order valence-corrected chi connectivity index (χ4v) is 4.15. The van der Waals surface area contributed by atoms with Crippen LogP contribution >= 0.6 is 11.6 Å². The molecule has 1 fully saturated rings. The number of anilines is 1. The monoisotopic (exact) mass is 432 g/mol. The van der Waals surface area contributed by atoms with Gasteiger partial charge in [-0.1, -0.05) is 41.9 Å². The van der Waals surface area contributed by atoms with Gasteiger partial charge in [-0.15, -0.1) is 0 Å². The van der Waals surface area contributed by atoms with Crippen molar-refractivity contribution in [2.75, 3.05) is 38.7 Å². The second-order valence-corrected chi connectivity index (χ2v) is 8.01. The molecule has 2 atom stereocenters. The average Bonchev–Trinajstić information content (AvgIpc) is 3.10. The van der Waals surface area contributed by atoms with Gasteiger partial charge >= 0.3 is 0 Å². The maximum absolute atomic E-state index is 12.8. The molecule has 5 nitrogen and oxygen atoms in total. The smallest absolute Gasteiger partial charge is 0.255 e. The van der Waals surface area contributed by atoms with Crippen molar-refractivity contribution in [2.45, 2.75) is 25.9 Å². The Balaban J connectivity index is 1.59. The minimum absolute atomic E-state index is 0.146. The van der Waals surface area contributed by atoms with Crippen molar-refractivity contribution in [1.82, 2.24) is 10.2 Å². The number of methoxy groups -OCH3 is 1. The quantitative estimate of drug-likeness (QED) is 0.617. The van der Waals surface area contributed by atoms with E-state index in [0.29, 0.717) is 40.5 Å². The number of amides is 1. The number of halogens is 2. The lowest BCUT2D eigenvalue weighted by atomic mass is 10.0. The number of hydrogen-bond donors (Lipinski definition) is 2. The van der Waals surface area contributed by atoms with E-state index < -0.39 is 6.67 Å². The lowest BCUT2D eigenvalue weighted by molar-refractivity contribution is 0.0940. The highest BCUT2D eigenvalue weighted by Gasteiger charge is 2.31. The second-order valence-electron chi connectivity index (χ2n) is 7.60. The number of carbonyl (C=O) groups excluding carboxylic acids is 1. The van der Waals surface area contributed by atoms with Gasteiger partial charge in [0, 0.05) is 31.7 Å². The maximum atomic E-state index is 12.8. The van der Waals surface area contributed by atoms with Gasteiger partial charge in [0.25, 0.3) is 5.91 Å². The summed E-state index contributed by atoms with van der Waals surface area (Å²) in [6.45, 7) is 4.38. The lowest BCUT2D eigenvalue weighted by Crippen LogP contribution is -2.36. The van der Waals surface area contributed by atoms with Crippen molar-refractivity contribution in [3.8, 4) is 5.75 Å². The van der Waals surface area contributed by atoms with Gasteiger partial charge in [-0.05, 0) is 37.4 Å². The molecule has 0 saturated carbocycles. The Morgan fingerprint density at radius 2 is 2.07 bits per heavy atom. The third kappa shape index (κ3) is 5.43. The fourth-order valence-electron chi connectivity index (χ4n) is 3.92. The number of likely N-dealkylation sites (tertiary alicyclic amines) is 1. The zero-order chi connectivity index (χ0) is 21.5. The number of hydrogen-bond acceptors (Lipinski definition) is 4. The summed E-state index contributed by atoms with van der Waals surface area (Å²) in [5.41, 5.74) is 2.22. The molecule has 0 radical (unpaired) electrons. The molecule has 7 heteroatoms. The topological polar surface area (TPSA) is 53.6 Å². The van der Waals surface area contributed by atoms with Gasteiger partial charge in [-0.25, -0.2) is 4.39 Å². The van der Waals surface area contributed by atoms with Gasteiger partial charge in [-0.2, -0.15) is 0 Å². The van der Waals surface area contributed by atoms with Crippen molar-refractivity contribution in [3.63, 3.8) is 0 Å². The Hall–Kier alpha value is -2.31. The number of nitrogens with zero attached hydrogens (tertiary/aromatic N) is 1. The van der Waals surface area contributed by atoms with Crippen LogP contribution in [0.5, 0.6) is 5.75 Å². The van der Waals surface area contributed by atoms with Crippen LogP contribution in [0.15, 0.2) is 42.5 Å². The maximum Gasteiger partial charge on any atom is 0.255 e. The summed E-state index contributed by atoms with van der Waals surface area (Å²) in [6, 6.07) is 14.0. The summed E-state index contributed by atoms with van der Waals surface area (Å²) in [5.74, 6) is 0.563. The molecule has 1 aliphatic heterocycles. The molecule has 162 valence electrons. The second kappa shape index (κ2) is 10.6. The largest absolute Gasteiger partial charge is 0.496 e. The number of carbonyl (C=O) groups is 1. The van der Waals surface area contributed by atoms with Crippen LogP contribution in [0.4, 0.5) is 10.1 Å². The highest BCUT2D eigenvalue weighted by molar-refractivity contribution is 6.33. The molecular weight excluding hydrogens is 404 g/mol. The van der Waals surface area contributed by atoms with Gasteiger partial charge < -0.3 is 15.4 Å². The van der Waals surface area contributed by atoms with Gasteiger partial charge in [0.2, 0.25) is 0 Å². The molecule has 0 bridgehead atoms.